The average Bonchev–Trinajstić information content (AvgIpc) is 3.30. The predicted octanol–water partition coefficient (Wildman–Crippen LogP) is 14.6. The fourth-order valence-corrected chi connectivity index (χ4v) is 7.48. The Hall–Kier alpha value is -3.08. The molecule has 0 aliphatic heterocycles. The first-order valence-corrected chi connectivity index (χ1v) is 27.3. The molecule has 3 unspecified atom stereocenters. The Balaban J connectivity index is 4.82. The molecule has 0 saturated heterocycles. The van der Waals surface area contributed by atoms with Gasteiger partial charge in [-0.3, -0.25) is 23.4 Å². The van der Waals surface area contributed by atoms with Crippen molar-refractivity contribution in [2.24, 2.45) is 0 Å². The highest BCUT2D eigenvalue weighted by atomic mass is 31.2. The molecule has 0 aliphatic rings. The van der Waals surface area contributed by atoms with Crippen LogP contribution in [0.15, 0.2) is 72.9 Å². The zero-order valence-electron chi connectivity index (χ0n) is 41.6. The van der Waals surface area contributed by atoms with Crippen LogP contribution in [0, 0.1) is 0 Å². The number of esters is 3. The van der Waals surface area contributed by atoms with Crippen molar-refractivity contribution in [1.82, 2.24) is 0 Å². The lowest BCUT2D eigenvalue weighted by atomic mass is 10.1. The van der Waals surface area contributed by atoms with E-state index in [0.29, 0.717) is 19.3 Å². The number of phosphoric acid groups is 1. The third-order valence-electron chi connectivity index (χ3n) is 10.6. The number of carbonyl (C=O) groups is 3. The molecule has 11 nitrogen and oxygen atoms in total. The first kappa shape index (κ1) is 62.9. The van der Waals surface area contributed by atoms with E-state index in [0.717, 1.165) is 89.9 Å². The predicted molar refractivity (Wildman–Crippen MR) is 270 cm³/mol. The Bertz CT molecular complexity index is 1390. The van der Waals surface area contributed by atoms with Crippen molar-refractivity contribution in [1.29, 1.82) is 0 Å². The third kappa shape index (κ3) is 46.0. The van der Waals surface area contributed by atoms with Crippen LogP contribution in [0.3, 0.4) is 0 Å². The molecule has 0 rings (SSSR count). The first-order chi connectivity index (χ1) is 32.2. The minimum Gasteiger partial charge on any atom is -0.462 e. The summed E-state index contributed by atoms with van der Waals surface area (Å²) in [6.07, 6.45) is 51.7. The van der Waals surface area contributed by atoms with Crippen molar-refractivity contribution in [3.05, 3.63) is 72.9 Å². The average molecular weight is 949 g/mol. The SMILES string of the molecule is CC/C=C\C/C=C\C/C=C\C/C=C\CCC(=O)OC(CO)COP(=O)(O)OCC(COC(=O)CCCCCCCCCCCCC)OC(=O)CCCCCCC/C=C\C/C=C\CCCCC. The molecule has 0 spiro atoms. The zero-order valence-corrected chi connectivity index (χ0v) is 42.5. The van der Waals surface area contributed by atoms with Gasteiger partial charge < -0.3 is 24.2 Å². The summed E-state index contributed by atoms with van der Waals surface area (Å²) in [5.41, 5.74) is 0. The van der Waals surface area contributed by atoms with Gasteiger partial charge in [-0.25, -0.2) is 4.57 Å². The summed E-state index contributed by atoms with van der Waals surface area (Å²) in [6.45, 7) is 4.38. The van der Waals surface area contributed by atoms with Crippen molar-refractivity contribution in [3.8, 4) is 0 Å². The monoisotopic (exact) mass is 949 g/mol. The van der Waals surface area contributed by atoms with E-state index in [2.05, 4.69) is 75.5 Å². The van der Waals surface area contributed by atoms with Gasteiger partial charge in [0.25, 0.3) is 0 Å². The Kier molecular flexibility index (Phi) is 46.1. The molecule has 0 saturated carbocycles. The van der Waals surface area contributed by atoms with Gasteiger partial charge in [-0.1, -0.05) is 190 Å². The van der Waals surface area contributed by atoms with Crippen LogP contribution in [-0.2, 0) is 42.2 Å². The second kappa shape index (κ2) is 48.4. The Morgan fingerprint density at radius 3 is 1.33 bits per heavy atom. The molecule has 3 atom stereocenters. The van der Waals surface area contributed by atoms with Crippen LogP contribution < -0.4 is 0 Å². The number of rotatable bonds is 47. The number of carbonyl (C=O) groups excluding carboxylic acids is 3. The Morgan fingerprint density at radius 2 is 0.818 bits per heavy atom. The number of hydrogen-bond donors (Lipinski definition) is 2. The first-order valence-electron chi connectivity index (χ1n) is 25.8. The van der Waals surface area contributed by atoms with Gasteiger partial charge >= 0.3 is 25.7 Å². The number of hydrogen-bond acceptors (Lipinski definition) is 10. The minimum atomic E-state index is -4.76. The van der Waals surface area contributed by atoms with Crippen molar-refractivity contribution >= 4 is 25.7 Å². The molecule has 0 aliphatic carbocycles. The van der Waals surface area contributed by atoms with Gasteiger partial charge in [0.2, 0.25) is 0 Å². The molecule has 0 radical (unpaired) electrons. The molecule has 66 heavy (non-hydrogen) atoms. The molecule has 0 heterocycles. The number of aliphatic hydroxyl groups excluding tert-OH is 1. The molecule has 0 amide bonds. The normalized spacial score (nSPS) is 14.1. The number of ether oxygens (including phenoxy) is 3. The molecular formula is C54H93O11P. The second-order valence-corrected chi connectivity index (χ2v) is 18.4. The molecule has 0 fully saturated rings. The largest absolute Gasteiger partial charge is 0.472 e. The minimum absolute atomic E-state index is 0.0538. The van der Waals surface area contributed by atoms with Crippen LogP contribution in [0.25, 0.3) is 0 Å². The van der Waals surface area contributed by atoms with Crippen LogP contribution in [0.1, 0.15) is 213 Å². The second-order valence-electron chi connectivity index (χ2n) is 17.0. The summed E-state index contributed by atoms with van der Waals surface area (Å²) in [5, 5.41) is 9.75. The van der Waals surface area contributed by atoms with Crippen LogP contribution in [0.4, 0.5) is 0 Å². The summed E-state index contributed by atoms with van der Waals surface area (Å²) < 4.78 is 39.2. The molecular weight excluding hydrogens is 856 g/mol. The summed E-state index contributed by atoms with van der Waals surface area (Å²) in [7, 11) is -4.76. The number of allylic oxidation sites excluding steroid dienone is 12. The molecule has 0 bridgehead atoms. The molecule has 0 aromatic heterocycles. The zero-order chi connectivity index (χ0) is 48.4. The van der Waals surface area contributed by atoms with Gasteiger partial charge in [0.1, 0.15) is 12.7 Å². The van der Waals surface area contributed by atoms with Gasteiger partial charge in [-0.2, -0.15) is 0 Å². The van der Waals surface area contributed by atoms with E-state index >= 15 is 0 Å². The molecule has 0 aromatic carbocycles. The quantitative estimate of drug-likeness (QED) is 0.0197. The Labute approximate surface area is 401 Å². The van der Waals surface area contributed by atoms with Gasteiger partial charge in [0.05, 0.1) is 19.8 Å². The standard InChI is InChI=1S/C54H93O11P/c1-4-7-10-13-16-19-22-24-25-27-30-33-36-39-42-45-54(58)65-51(47-61-52(56)43-40-37-34-31-28-21-18-15-12-9-6-3)49-63-66(59,60)62-48-50(46-55)64-53(57)44-41-38-35-32-29-26-23-20-17-14-11-8-5-2/h8,11,16-17,19-20,24-26,29,35,38,50-51,55H,4-7,9-10,12-15,18,21-23,27-28,30-34,36-37,39-49H2,1-3H3,(H,59,60)/b11-8-,19-16-,20-17-,25-24-,29-26-,38-35-. The number of phosphoric ester groups is 1. The number of unbranched alkanes of at least 4 members (excludes halogenated alkanes) is 18. The molecule has 380 valence electrons. The van der Waals surface area contributed by atoms with E-state index in [-0.39, 0.29) is 25.9 Å². The smallest absolute Gasteiger partial charge is 0.462 e. The highest BCUT2D eigenvalue weighted by Gasteiger charge is 2.28. The topological polar surface area (TPSA) is 155 Å². The van der Waals surface area contributed by atoms with Crippen molar-refractivity contribution in [2.75, 3.05) is 26.4 Å². The highest BCUT2D eigenvalue weighted by Crippen LogP contribution is 2.43. The van der Waals surface area contributed by atoms with Crippen LogP contribution in [0.5, 0.6) is 0 Å². The molecule has 2 N–H and O–H groups in total. The van der Waals surface area contributed by atoms with Crippen molar-refractivity contribution < 1.29 is 52.2 Å². The van der Waals surface area contributed by atoms with E-state index in [1.54, 1.807) is 0 Å². The summed E-state index contributed by atoms with van der Waals surface area (Å²) in [4.78, 5) is 48.2. The maximum Gasteiger partial charge on any atom is 0.472 e. The fourth-order valence-electron chi connectivity index (χ4n) is 6.69. The van der Waals surface area contributed by atoms with Crippen LogP contribution in [0.2, 0.25) is 0 Å². The van der Waals surface area contributed by atoms with Crippen molar-refractivity contribution in [2.45, 2.75) is 226 Å². The lowest BCUT2D eigenvalue weighted by Crippen LogP contribution is -2.30. The molecule has 12 heteroatoms. The van der Waals surface area contributed by atoms with Gasteiger partial charge in [0, 0.05) is 19.3 Å². The van der Waals surface area contributed by atoms with Crippen molar-refractivity contribution in [3.63, 3.8) is 0 Å². The van der Waals surface area contributed by atoms with E-state index in [1.807, 2.05) is 18.2 Å². The van der Waals surface area contributed by atoms with Crippen LogP contribution in [-0.4, -0.2) is 66.5 Å². The van der Waals surface area contributed by atoms with Gasteiger partial charge in [0.15, 0.2) is 6.10 Å². The lowest BCUT2D eigenvalue weighted by Gasteiger charge is -2.21. The van der Waals surface area contributed by atoms with E-state index in [1.165, 1.54) is 64.2 Å². The number of aliphatic hydroxyl groups is 1. The van der Waals surface area contributed by atoms with Gasteiger partial charge in [-0.05, 0) is 77.0 Å². The van der Waals surface area contributed by atoms with E-state index in [4.69, 9.17) is 23.3 Å². The third-order valence-corrected chi connectivity index (χ3v) is 11.6. The van der Waals surface area contributed by atoms with Crippen LogP contribution >= 0.6 is 7.82 Å². The summed E-state index contributed by atoms with van der Waals surface area (Å²) >= 11 is 0. The Morgan fingerprint density at radius 1 is 0.439 bits per heavy atom. The van der Waals surface area contributed by atoms with E-state index in [9.17, 15) is 28.9 Å². The highest BCUT2D eigenvalue weighted by molar-refractivity contribution is 7.47. The lowest BCUT2D eigenvalue weighted by molar-refractivity contribution is -0.161. The maximum absolute atomic E-state index is 12.8. The summed E-state index contributed by atoms with van der Waals surface area (Å²) in [5.74, 6) is -1.57. The maximum atomic E-state index is 12.8. The van der Waals surface area contributed by atoms with E-state index < -0.39 is 57.8 Å². The summed E-state index contributed by atoms with van der Waals surface area (Å²) in [6, 6.07) is 0. The molecule has 0 aromatic rings. The fraction of sp³-hybridized carbons (Fsp3) is 0.722. The van der Waals surface area contributed by atoms with Gasteiger partial charge in [-0.15, -0.1) is 0 Å².